The van der Waals surface area contributed by atoms with E-state index in [1.54, 1.807) is 26.0 Å². The molecule has 1 unspecified atom stereocenters. The first-order chi connectivity index (χ1) is 8.57. The molecular formula is C13H21O4P. The molecule has 102 valence electrons. The molecule has 0 amide bonds. The van der Waals surface area contributed by atoms with Crippen molar-refractivity contribution in [2.45, 2.75) is 38.8 Å². The highest BCUT2D eigenvalue weighted by molar-refractivity contribution is 7.55. The lowest BCUT2D eigenvalue weighted by Crippen LogP contribution is -2.22. The Morgan fingerprint density at radius 1 is 1.44 bits per heavy atom. The lowest BCUT2D eigenvalue weighted by Gasteiger charge is -2.29. The van der Waals surface area contributed by atoms with Crippen LogP contribution in [-0.2, 0) is 18.4 Å². The van der Waals surface area contributed by atoms with E-state index in [0.717, 1.165) is 5.57 Å². The summed E-state index contributed by atoms with van der Waals surface area (Å²) < 4.78 is 23.5. The van der Waals surface area contributed by atoms with Crippen molar-refractivity contribution in [3.8, 4) is 0 Å². The molecular weight excluding hydrogens is 251 g/mol. The molecule has 0 aromatic heterocycles. The van der Waals surface area contributed by atoms with Crippen molar-refractivity contribution >= 4 is 13.4 Å². The van der Waals surface area contributed by atoms with E-state index >= 15 is 0 Å². The van der Waals surface area contributed by atoms with Crippen molar-refractivity contribution in [2.24, 2.45) is 0 Å². The smallest absolute Gasteiger partial charge is 0.308 e. The predicted octanol–water partition coefficient (Wildman–Crippen LogP) is 3.49. The van der Waals surface area contributed by atoms with Crippen LogP contribution in [0.15, 0.2) is 24.3 Å². The summed E-state index contributed by atoms with van der Waals surface area (Å²) in [4.78, 5) is 11.5. The van der Waals surface area contributed by atoms with Crippen LogP contribution >= 0.6 is 7.60 Å². The number of hydrogen-bond donors (Lipinski definition) is 0. The number of hydrogen-bond acceptors (Lipinski definition) is 4. The fraction of sp³-hybridized carbons (Fsp3) is 0.615. The molecule has 0 fully saturated rings. The number of allylic oxidation sites excluding steroid dienone is 3. The Hall–Kier alpha value is -0.700. The van der Waals surface area contributed by atoms with Crippen molar-refractivity contribution in [2.75, 3.05) is 13.2 Å². The van der Waals surface area contributed by atoms with E-state index in [9.17, 15) is 9.36 Å². The third-order valence-electron chi connectivity index (χ3n) is 2.82. The molecule has 0 bridgehead atoms. The molecule has 0 heterocycles. The molecule has 1 rings (SSSR count). The van der Waals surface area contributed by atoms with Gasteiger partial charge in [-0.25, -0.2) is 0 Å². The van der Waals surface area contributed by atoms with Crippen LogP contribution in [0, 0.1) is 0 Å². The van der Waals surface area contributed by atoms with Gasteiger partial charge in [0, 0.05) is 6.42 Å². The maximum Gasteiger partial charge on any atom is 0.337 e. The summed E-state index contributed by atoms with van der Waals surface area (Å²) in [5, 5.41) is 0. The van der Waals surface area contributed by atoms with Crippen LogP contribution in [0.25, 0.3) is 0 Å². The third kappa shape index (κ3) is 3.64. The van der Waals surface area contributed by atoms with E-state index in [1.807, 2.05) is 0 Å². The molecule has 1 aliphatic rings. The summed E-state index contributed by atoms with van der Waals surface area (Å²) >= 11 is 0. The molecule has 0 aromatic rings. The molecule has 1 aliphatic carbocycles. The van der Waals surface area contributed by atoms with Crippen LogP contribution in [0.1, 0.15) is 33.1 Å². The Bertz CT molecular complexity index is 376. The molecule has 5 heteroatoms. The largest absolute Gasteiger partial charge is 0.337 e. The van der Waals surface area contributed by atoms with Gasteiger partial charge in [-0.2, -0.15) is 0 Å². The minimum Gasteiger partial charge on any atom is -0.308 e. The Morgan fingerprint density at radius 3 is 2.56 bits per heavy atom. The molecule has 0 radical (unpaired) electrons. The van der Waals surface area contributed by atoms with E-state index < -0.39 is 7.60 Å². The van der Waals surface area contributed by atoms with Gasteiger partial charge in [-0.05, 0) is 38.3 Å². The topological polar surface area (TPSA) is 52.6 Å². The monoisotopic (exact) mass is 272 g/mol. The molecule has 0 spiro atoms. The van der Waals surface area contributed by atoms with Gasteiger partial charge in [-0.3, -0.25) is 9.36 Å². The first kappa shape index (κ1) is 15.4. The SMILES string of the molecule is C=CCC1=CC(=O)CCC1P(=O)(OCC)OCC. The summed E-state index contributed by atoms with van der Waals surface area (Å²) in [5.74, 6) is 0.0719. The normalized spacial score (nSPS) is 20.7. The van der Waals surface area contributed by atoms with Crippen molar-refractivity contribution in [1.82, 2.24) is 0 Å². The van der Waals surface area contributed by atoms with Gasteiger partial charge in [0.25, 0.3) is 0 Å². The van der Waals surface area contributed by atoms with Crippen molar-refractivity contribution in [1.29, 1.82) is 0 Å². The van der Waals surface area contributed by atoms with Gasteiger partial charge in [-0.1, -0.05) is 6.08 Å². The second-order valence-electron chi connectivity index (χ2n) is 4.11. The van der Waals surface area contributed by atoms with Gasteiger partial charge in [0.1, 0.15) is 0 Å². The maximum atomic E-state index is 12.7. The average Bonchev–Trinajstić information content (AvgIpc) is 2.30. The van der Waals surface area contributed by atoms with Crippen molar-refractivity contribution in [3.05, 3.63) is 24.3 Å². The van der Waals surface area contributed by atoms with Gasteiger partial charge in [-0.15, -0.1) is 6.58 Å². The summed E-state index contributed by atoms with van der Waals surface area (Å²) in [6.07, 6.45) is 4.74. The highest BCUT2D eigenvalue weighted by Crippen LogP contribution is 2.58. The molecule has 0 saturated carbocycles. The Morgan fingerprint density at radius 2 is 2.06 bits per heavy atom. The summed E-state index contributed by atoms with van der Waals surface area (Å²) in [6, 6.07) is 0. The van der Waals surface area contributed by atoms with Gasteiger partial charge < -0.3 is 9.05 Å². The molecule has 0 saturated heterocycles. The zero-order valence-corrected chi connectivity index (χ0v) is 11.9. The highest BCUT2D eigenvalue weighted by atomic mass is 31.2. The van der Waals surface area contributed by atoms with Crippen LogP contribution in [-0.4, -0.2) is 24.7 Å². The standard InChI is InChI=1S/C13H21O4P/c1-4-7-11-10-12(14)8-9-13(11)18(15,16-5-2)17-6-3/h4,10,13H,1,5-9H2,2-3H3. The number of ketones is 1. The zero-order valence-electron chi connectivity index (χ0n) is 11.1. The van der Waals surface area contributed by atoms with Crippen LogP contribution in [0.2, 0.25) is 0 Å². The quantitative estimate of drug-likeness (QED) is 0.526. The van der Waals surface area contributed by atoms with E-state index in [4.69, 9.17) is 9.05 Å². The molecule has 0 aliphatic heterocycles. The first-order valence-corrected chi connectivity index (χ1v) is 7.91. The zero-order chi connectivity index (χ0) is 13.6. The van der Waals surface area contributed by atoms with Crippen molar-refractivity contribution in [3.63, 3.8) is 0 Å². The van der Waals surface area contributed by atoms with Crippen molar-refractivity contribution < 1.29 is 18.4 Å². The average molecular weight is 272 g/mol. The van der Waals surface area contributed by atoms with Gasteiger partial charge in [0.05, 0.1) is 18.9 Å². The predicted molar refractivity (Wildman–Crippen MR) is 71.8 cm³/mol. The van der Waals surface area contributed by atoms with Crippen LogP contribution in [0.5, 0.6) is 0 Å². The van der Waals surface area contributed by atoms with Gasteiger partial charge >= 0.3 is 7.60 Å². The minimum atomic E-state index is -3.18. The van der Waals surface area contributed by atoms with Crippen LogP contribution < -0.4 is 0 Å². The van der Waals surface area contributed by atoms with E-state index in [-0.39, 0.29) is 11.4 Å². The third-order valence-corrected chi connectivity index (χ3v) is 5.41. The molecule has 0 N–H and O–H groups in total. The second-order valence-corrected chi connectivity index (χ2v) is 6.33. The van der Waals surface area contributed by atoms with Crippen LogP contribution in [0.4, 0.5) is 0 Å². The summed E-state index contributed by atoms with van der Waals surface area (Å²) in [5.41, 5.74) is 0.500. The fourth-order valence-corrected chi connectivity index (χ4v) is 4.33. The fourth-order valence-electron chi connectivity index (χ4n) is 2.14. The Labute approximate surface area is 109 Å². The number of rotatable bonds is 7. The number of carbonyl (C=O) groups is 1. The number of carbonyl (C=O) groups excluding carboxylic acids is 1. The summed E-state index contributed by atoms with van der Waals surface area (Å²) in [6.45, 7) is 7.91. The maximum absolute atomic E-state index is 12.7. The highest BCUT2D eigenvalue weighted by Gasteiger charge is 2.39. The van der Waals surface area contributed by atoms with E-state index in [0.29, 0.717) is 32.5 Å². The molecule has 1 atom stereocenters. The van der Waals surface area contributed by atoms with E-state index in [2.05, 4.69) is 6.58 Å². The lowest BCUT2D eigenvalue weighted by atomic mass is 9.96. The molecule has 0 aromatic carbocycles. The minimum absolute atomic E-state index is 0.0719. The van der Waals surface area contributed by atoms with Gasteiger partial charge in [0.2, 0.25) is 0 Å². The first-order valence-electron chi connectivity index (χ1n) is 6.30. The Balaban J connectivity index is 3.02. The second kappa shape index (κ2) is 7.03. The Kier molecular flexibility index (Phi) is 6.00. The lowest BCUT2D eigenvalue weighted by molar-refractivity contribution is -0.115. The molecule has 18 heavy (non-hydrogen) atoms. The molecule has 4 nitrogen and oxygen atoms in total. The van der Waals surface area contributed by atoms with Gasteiger partial charge in [0.15, 0.2) is 5.78 Å². The summed E-state index contributed by atoms with van der Waals surface area (Å²) in [7, 11) is -3.18. The van der Waals surface area contributed by atoms with E-state index in [1.165, 1.54) is 0 Å². The van der Waals surface area contributed by atoms with Crippen LogP contribution in [0.3, 0.4) is 0 Å².